The molecule has 1 saturated carbocycles. The van der Waals surface area contributed by atoms with E-state index < -0.39 is 45.3 Å². The van der Waals surface area contributed by atoms with Crippen molar-refractivity contribution in [1.82, 2.24) is 10.2 Å². The summed E-state index contributed by atoms with van der Waals surface area (Å²) in [6.45, 7) is 3.81. The predicted octanol–water partition coefficient (Wildman–Crippen LogP) is 5.16. The van der Waals surface area contributed by atoms with Gasteiger partial charge in [0, 0.05) is 28.3 Å². The molecule has 5 atom stereocenters. The monoisotopic (exact) mass is 523 g/mol. The normalized spacial score (nSPS) is 24.6. The molecule has 35 heavy (non-hydrogen) atoms. The highest BCUT2D eigenvalue weighted by atomic mass is 35.5. The first-order chi connectivity index (χ1) is 16.4. The molecule has 1 saturated heterocycles. The van der Waals surface area contributed by atoms with Crippen LogP contribution in [0.15, 0.2) is 41.3 Å². The standard InChI is InChI=1S/C25H28ClF2N3O3S/c1-13-9-22(31(14(13)2)25(33)16-5-4-6-17(10-16)35(3,29)34)24(32)30-23(15-7-8-15)18-11-21(28)19(26)12-20(18)27/h4-6,10-15,22-23,29H,7-9H2,1-3H3,(H,30,32)/t13-,14-,22-,23-,35?/m1/s1. The van der Waals surface area contributed by atoms with Crippen molar-refractivity contribution < 1.29 is 22.6 Å². The topological polar surface area (TPSA) is 90.3 Å². The minimum absolute atomic E-state index is 0.0218. The van der Waals surface area contributed by atoms with Gasteiger partial charge in [0.25, 0.3) is 5.91 Å². The first-order valence-corrected chi connectivity index (χ1v) is 13.8. The Morgan fingerprint density at radius 1 is 1.17 bits per heavy atom. The number of amides is 2. The third kappa shape index (κ3) is 5.21. The van der Waals surface area contributed by atoms with E-state index in [0.29, 0.717) is 6.42 Å². The van der Waals surface area contributed by atoms with E-state index in [4.69, 9.17) is 16.4 Å². The quantitative estimate of drug-likeness (QED) is 0.512. The number of benzene rings is 2. The zero-order valence-electron chi connectivity index (χ0n) is 19.7. The Morgan fingerprint density at radius 2 is 1.86 bits per heavy atom. The summed E-state index contributed by atoms with van der Waals surface area (Å²) in [4.78, 5) is 28.7. The lowest BCUT2D eigenvalue weighted by molar-refractivity contribution is -0.126. The number of hydrogen-bond acceptors (Lipinski definition) is 4. The number of nitrogens with one attached hydrogen (secondary N) is 2. The van der Waals surface area contributed by atoms with Crippen molar-refractivity contribution in [2.45, 2.75) is 56.1 Å². The molecule has 2 N–H and O–H groups in total. The molecule has 1 aliphatic carbocycles. The number of rotatable bonds is 6. The fourth-order valence-corrected chi connectivity index (χ4v) is 5.55. The Balaban J connectivity index is 1.62. The second-order valence-electron chi connectivity index (χ2n) is 9.66. The van der Waals surface area contributed by atoms with Crippen LogP contribution in [0.2, 0.25) is 5.02 Å². The molecule has 1 unspecified atom stereocenters. The maximum atomic E-state index is 14.7. The number of carbonyl (C=O) groups excluding carboxylic acids is 2. The van der Waals surface area contributed by atoms with Crippen LogP contribution in [0, 0.1) is 28.2 Å². The lowest BCUT2D eigenvalue weighted by Crippen LogP contribution is -2.49. The van der Waals surface area contributed by atoms with E-state index in [2.05, 4.69) is 5.32 Å². The van der Waals surface area contributed by atoms with E-state index in [1.165, 1.54) is 23.3 Å². The molecule has 2 amide bonds. The van der Waals surface area contributed by atoms with E-state index in [9.17, 15) is 22.6 Å². The van der Waals surface area contributed by atoms with Gasteiger partial charge in [-0.2, -0.15) is 0 Å². The summed E-state index contributed by atoms with van der Waals surface area (Å²) in [6.07, 6.45) is 3.23. The summed E-state index contributed by atoms with van der Waals surface area (Å²) in [6, 6.07) is 6.25. The van der Waals surface area contributed by atoms with Gasteiger partial charge in [-0.1, -0.05) is 24.6 Å². The van der Waals surface area contributed by atoms with Crippen molar-refractivity contribution >= 4 is 33.1 Å². The molecular formula is C25H28ClF2N3O3S. The van der Waals surface area contributed by atoms with Crippen molar-refractivity contribution in [3.8, 4) is 0 Å². The molecule has 1 aliphatic heterocycles. The van der Waals surface area contributed by atoms with Crippen LogP contribution in [0.5, 0.6) is 0 Å². The van der Waals surface area contributed by atoms with Gasteiger partial charge in [-0.15, -0.1) is 0 Å². The van der Waals surface area contributed by atoms with Crippen LogP contribution < -0.4 is 5.32 Å². The molecule has 4 rings (SSSR count). The van der Waals surface area contributed by atoms with Gasteiger partial charge in [-0.25, -0.2) is 17.8 Å². The van der Waals surface area contributed by atoms with Crippen molar-refractivity contribution in [1.29, 1.82) is 4.78 Å². The molecule has 0 spiro atoms. The number of nitrogens with zero attached hydrogens (tertiary/aromatic N) is 1. The van der Waals surface area contributed by atoms with Crippen molar-refractivity contribution in [2.24, 2.45) is 11.8 Å². The molecule has 0 aromatic heterocycles. The third-order valence-corrected chi connectivity index (χ3v) is 8.47. The minimum Gasteiger partial charge on any atom is -0.347 e. The lowest BCUT2D eigenvalue weighted by atomic mass is 9.99. The highest BCUT2D eigenvalue weighted by Crippen LogP contribution is 2.43. The molecule has 6 nitrogen and oxygen atoms in total. The summed E-state index contributed by atoms with van der Waals surface area (Å²) in [5.74, 6) is -2.29. The second-order valence-corrected chi connectivity index (χ2v) is 12.2. The molecule has 0 bridgehead atoms. The first-order valence-electron chi connectivity index (χ1n) is 11.5. The third-order valence-electron chi connectivity index (χ3n) is 7.03. The fourth-order valence-electron chi connectivity index (χ4n) is 4.71. The van der Waals surface area contributed by atoms with Crippen LogP contribution in [0.3, 0.4) is 0 Å². The summed E-state index contributed by atoms with van der Waals surface area (Å²) in [5, 5.41) is 2.55. The molecule has 2 aromatic carbocycles. The SMILES string of the molecule is C[C@@H]1C[C@H](C(=O)N[C@@H](c2cc(F)c(Cl)cc2F)C2CC2)N(C(=O)c2cccc(S(C)(=N)=O)c2)[C@@H]1C. The zero-order valence-corrected chi connectivity index (χ0v) is 21.3. The Bertz CT molecular complexity index is 1280. The first kappa shape index (κ1) is 25.6. The van der Waals surface area contributed by atoms with Crippen LogP contribution in [0.25, 0.3) is 0 Å². The highest BCUT2D eigenvalue weighted by molar-refractivity contribution is 7.91. The van der Waals surface area contributed by atoms with Gasteiger partial charge in [0.2, 0.25) is 5.91 Å². The van der Waals surface area contributed by atoms with Gasteiger partial charge < -0.3 is 10.2 Å². The molecule has 10 heteroatoms. The zero-order chi connectivity index (χ0) is 25.7. The van der Waals surface area contributed by atoms with E-state index >= 15 is 0 Å². The van der Waals surface area contributed by atoms with Gasteiger partial charge >= 0.3 is 0 Å². The summed E-state index contributed by atoms with van der Waals surface area (Å²) in [5.41, 5.74) is 0.285. The van der Waals surface area contributed by atoms with Crippen LogP contribution in [-0.4, -0.2) is 39.3 Å². The average Bonchev–Trinajstić information content (AvgIpc) is 3.59. The van der Waals surface area contributed by atoms with Crippen LogP contribution in [-0.2, 0) is 14.5 Å². The number of hydrogen-bond donors (Lipinski definition) is 2. The molecule has 2 aliphatic rings. The fraction of sp³-hybridized carbons (Fsp3) is 0.440. The molecule has 188 valence electrons. The van der Waals surface area contributed by atoms with Gasteiger partial charge in [0.1, 0.15) is 17.7 Å². The molecular weight excluding hydrogens is 496 g/mol. The maximum Gasteiger partial charge on any atom is 0.254 e. The number of likely N-dealkylation sites (tertiary alicyclic amines) is 1. The van der Waals surface area contributed by atoms with E-state index in [0.717, 1.165) is 25.0 Å². The number of carbonyl (C=O) groups is 2. The molecule has 1 heterocycles. The lowest BCUT2D eigenvalue weighted by Gasteiger charge is -2.30. The van der Waals surface area contributed by atoms with Crippen molar-refractivity contribution in [3.05, 3.63) is 64.2 Å². The van der Waals surface area contributed by atoms with Gasteiger partial charge in [0.15, 0.2) is 0 Å². The molecule has 0 radical (unpaired) electrons. The van der Waals surface area contributed by atoms with Crippen molar-refractivity contribution in [3.63, 3.8) is 0 Å². The van der Waals surface area contributed by atoms with Crippen LogP contribution >= 0.6 is 11.6 Å². The van der Waals surface area contributed by atoms with Crippen LogP contribution in [0.4, 0.5) is 8.78 Å². The Hall–Kier alpha value is -2.52. The van der Waals surface area contributed by atoms with E-state index in [-0.39, 0.29) is 38.9 Å². The second kappa shape index (κ2) is 9.50. The van der Waals surface area contributed by atoms with Crippen molar-refractivity contribution in [2.75, 3.05) is 6.26 Å². The van der Waals surface area contributed by atoms with Gasteiger partial charge in [-0.05, 0) is 68.4 Å². The Morgan fingerprint density at radius 3 is 2.49 bits per heavy atom. The predicted molar refractivity (Wildman–Crippen MR) is 130 cm³/mol. The van der Waals surface area contributed by atoms with E-state index in [1.54, 1.807) is 12.1 Å². The molecule has 2 aromatic rings. The Kier molecular flexibility index (Phi) is 6.94. The van der Waals surface area contributed by atoms with Crippen LogP contribution in [0.1, 0.15) is 55.1 Å². The Labute approximate surface area is 209 Å². The minimum atomic E-state index is -3.02. The summed E-state index contributed by atoms with van der Waals surface area (Å²) in [7, 11) is -3.02. The number of halogens is 3. The highest BCUT2D eigenvalue weighted by Gasteiger charge is 2.45. The molecule has 2 fully saturated rings. The summed E-state index contributed by atoms with van der Waals surface area (Å²) >= 11 is 5.70. The maximum absolute atomic E-state index is 14.7. The van der Waals surface area contributed by atoms with Gasteiger partial charge in [0.05, 0.1) is 20.8 Å². The van der Waals surface area contributed by atoms with E-state index in [1.807, 2.05) is 13.8 Å². The van der Waals surface area contributed by atoms with Gasteiger partial charge in [-0.3, -0.25) is 9.59 Å². The largest absolute Gasteiger partial charge is 0.347 e. The smallest absolute Gasteiger partial charge is 0.254 e. The average molecular weight is 524 g/mol. The summed E-state index contributed by atoms with van der Waals surface area (Å²) < 4.78 is 48.8.